The number of hydrogen-bond acceptors (Lipinski definition) is 10. The van der Waals surface area contributed by atoms with Crippen molar-refractivity contribution in [2.24, 2.45) is 0 Å². The topological polar surface area (TPSA) is 172 Å². The van der Waals surface area contributed by atoms with Crippen molar-refractivity contribution in [1.82, 2.24) is 14.9 Å². The minimum atomic E-state index is -0.745. The van der Waals surface area contributed by atoms with Gasteiger partial charge in [0.15, 0.2) is 0 Å². The fourth-order valence-corrected chi connectivity index (χ4v) is 4.31. The predicted octanol–water partition coefficient (Wildman–Crippen LogP) is 5.76. The van der Waals surface area contributed by atoms with Crippen molar-refractivity contribution in [3.63, 3.8) is 0 Å². The summed E-state index contributed by atoms with van der Waals surface area (Å²) in [5.74, 6) is -1.31. The lowest BCUT2D eigenvalue weighted by Crippen LogP contribution is -2.33. The number of aromatic nitrogens is 2. The van der Waals surface area contributed by atoms with Crippen molar-refractivity contribution >= 4 is 57.5 Å². The molecular weight excluding hydrogens is 649 g/mol. The average molecular weight is 692 g/mol. The quantitative estimate of drug-likeness (QED) is 0.126. The van der Waals surface area contributed by atoms with E-state index in [0.717, 1.165) is 38.0 Å². The van der Waals surface area contributed by atoms with E-state index in [1.165, 1.54) is 18.5 Å². The highest BCUT2D eigenvalue weighted by Crippen LogP contribution is 2.34. The van der Waals surface area contributed by atoms with Gasteiger partial charge in [-0.05, 0) is 37.1 Å². The fraction of sp³-hybridized carbons (Fsp3) is 0.424. The van der Waals surface area contributed by atoms with E-state index in [2.05, 4.69) is 25.5 Å². The Morgan fingerprint density at radius 1 is 0.979 bits per heavy atom. The Kier molecular flexibility index (Phi) is 17.8. The number of fused-ring (bicyclic) bond motifs is 1. The van der Waals surface area contributed by atoms with Crippen LogP contribution in [-0.4, -0.2) is 96.6 Å². The molecule has 0 aliphatic carbocycles. The van der Waals surface area contributed by atoms with E-state index >= 15 is 0 Å². The van der Waals surface area contributed by atoms with Crippen LogP contribution in [0.5, 0.6) is 5.75 Å². The van der Waals surface area contributed by atoms with Gasteiger partial charge in [-0.2, -0.15) is 0 Å². The second-order valence-electron chi connectivity index (χ2n) is 10.3. The molecule has 13 nitrogen and oxygen atoms in total. The summed E-state index contributed by atoms with van der Waals surface area (Å²) >= 11 is 5.94. The third-order valence-corrected chi connectivity index (χ3v) is 7.06. The van der Waals surface area contributed by atoms with E-state index < -0.39 is 17.8 Å². The third-order valence-electron chi connectivity index (χ3n) is 6.77. The normalized spacial score (nSPS) is 12.6. The molecule has 1 amide bonds. The van der Waals surface area contributed by atoms with Crippen molar-refractivity contribution in [1.29, 1.82) is 0 Å². The number of carboxylic acids is 2. The highest BCUT2D eigenvalue weighted by Gasteiger charge is 2.17. The Labute approximate surface area is 284 Å². The largest absolute Gasteiger partial charge is 0.489 e. The summed E-state index contributed by atoms with van der Waals surface area (Å²) in [6, 6.07) is 7.81. The highest BCUT2D eigenvalue weighted by molar-refractivity contribution is 6.31. The number of carboxylic acid groups (broad SMARTS) is 2. The van der Waals surface area contributed by atoms with Gasteiger partial charge in [-0.15, -0.1) is 0 Å². The third kappa shape index (κ3) is 14.2. The lowest BCUT2D eigenvalue weighted by Gasteiger charge is -2.27. The van der Waals surface area contributed by atoms with Crippen LogP contribution in [0.4, 0.5) is 21.6 Å². The van der Waals surface area contributed by atoms with Crippen LogP contribution in [0.2, 0.25) is 5.02 Å². The van der Waals surface area contributed by atoms with Gasteiger partial charge in [0.25, 0.3) is 0 Å². The summed E-state index contributed by atoms with van der Waals surface area (Å²) < 4.78 is 29.8. The summed E-state index contributed by atoms with van der Waals surface area (Å²) in [5.41, 5.74) is 2.73. The van der Waals surface area contributed by atoms with Crippen LogP contribution in [-0.2, 0) is 23.9 Å². The molecule has 48 heavy (non-hydrogen) atoms. The lowest BCUT2D eigenvalue weighted by atomic mass is 10.0. The molecule has 0 radical (unpaired) electrons. The molecule has 4 N–H and O–H groups in total. The molecule has 1 aromatic heterocycles. The first-order valence-corrected chi connectivity index (χ1v) is 15.7. The Hall–Kier alpha value is -4.37. The van der Waals surface area contributed by atoms with E-state index in [4.69, 9.17) is 36.0 Å². The molecule has 2 heterocycles. The maximum Gasteiger partial charge on any atom is 0.303 e. The SMILES string of the molecule is CCC(=O)O.CCC(=O)O.COCCOc1cc2ncnc(Nc3ccc(F)c(Cl)c3)c2cc1NC(=O)C=C1CCN(CCOC)CC1. The number of methoxy groups -OCH3 is 2. The number of benzene rings is 2. The number of aliphatic carboxylic acids is 2. The van der Waals surface area contributed by atoms with Crippen molar-refractivity contribution < 1.29 is 43.2 Å². The molecule has 2 aromatic carbocycles. The van der Waals surface area contributed by atoms with Gasteiger partial charge in [-0.25, -0.2) is 14.4 Å². The van der Waals surface area contributed by atoms with Gasteiger partial charge in [0, 0.05) is 69.9 Å². The maximum atomic E-state index is 13.6. The van der Waals surface area contributed by atoms with E-state index in [1.54, 1.807) is 52.3 Å². The van der Waals surface area contributed by atoms with Crippen LogP contribution >= 0.6 is 11.6 Å². The zero-order chi connectivity index (χ0) is 35.5. The van der Waals surface area contributed by atoms with E-state index in [0.29, 0.717) is 53.7 Å². The molecule has 0 spiro atoms. The Morgan fingerprint density at radius 3 is 2.21 bits per heavy atom. The predicted molar refractivity (Wildman–Crippen MR) is 182 cm³/mol. The summed E-state index contributed by atoms with van der Waals surface area (Å²) in [7, 11) is 3.29. The van der Waals surface area contributed by atoms with Crippen molar-refractivity contribution in [2.75, 3.05) is 64.3 Å². The van der Waals surface area contributed by atoms with Crippen molar-refractivity contribution in [3.05, 3.63) is 59.1 Å². The molecule has 1 saturated heterocycles. The summed E-state index contributed by atoms with van der Waals surface area (Å²) in [6.45, 7) is 7.25. The molecule has 0 saturated carbocycles. The van der Waals surface area contributed by atoms with Gasteiger partial charge < -0.3 is 40.0 Å². The number of nitrogens with one attached hydrogen (secondary N) is 2. The minimum Gasteiger partial charge on any atom is -0.489 e. The lowest BCUT2D eigenvalue weighted by molar-refractivity contribution is -0.137. The fourth-order valence-electron chi connectivity index (χ4n) is 4.13. The smallest absolute Gasteiger partial charge is 0.303 e. The van der Waals surface area contributed by atoms with Crippen LogP contribution in [0.25, 0.3) is 10.9 Å². The van der Waals surface area contributed by atoms with E-state index in [1.807, 2.05) is 0 Å². The molecule has 0 unspecified atom stereocenters. The van der Waals surface area contributed by atoms with Gasteiger partial charge in [0.1, 0.15) is 30.3 Å². The number of piperidine rings is 1. The molecule has 4 rings (SSSR count). The van der Waals surface area contributed by atoms with Crippen LogP contribution < -0.4 is 15.4 Å². The summed E-state index contributed by atoms with van der Waals surface area (Å²) in [4.78, 5) is 42.8. The summed E-state index contributed by atoms with van der Waals surface area (Å²) in [6.07, 6.45) is 5.18. The molecule has 262 valence electrons. The van der Waals surface area contributed by atoms with E-state index in [-0.39, 0.29) is 23.8 Å². The van der Waals surface area contributed by atoms with Crippen LogP contribution in [0, 0.1) is 5.82 Å². The first kappa shape index (κ1) is 39.8. The number of amides is 1. The molecular formula is C33H43ClFN5O8. The van der Waals surface area contributed by atoms with Gasteiger partial charge in [0.2, 0.25) is 5.91 Å². The van der Waals surface area contributed by atoms with Gasteiger partial charge in [-0.3, -0.25) is 14.4 Å². The number of anilines is 3. The standard InChI is InChI=1S/C27H31ClFN5O4.2C3H6O2/c1-36-10-9-34-7-5-18(6-8-34)13-26(35)33-24-15-20-23(16-25(24)38-12-11-37-2)30-17-31-27(20)32-19-3-4-22(29)21(28)14-19;2*1-2-3(4)5/h3-4,13-17H,5-12H2,1-2H3,(H,33,35)(H,30,31,32);2*2H2,1H3,(H,4,5). The van der Waals surface area contributed by atoms with E-state index in [9.17, 15) is 18.8 Å². The Bertz CT molecular complexity index is 1520. The molecule has 1 aliphatic heterocycles. The maximum absolute atomic E-state index is 13.6. The highest BCUT2D eigenvalue weighted by atomic mass is 35.5. The average Bonchev–Trinajstić information content (AvgIpc) is 3.07. The van der Waals surface area contributed by atoms with Gasteiger partial charge in [0.05, 0.1) is 29.4 Å². The van der Waals surface area contributed by atoms with Crippen molar-refractivity contribution in [2.45, 2.75) is 39.5 Å². The van der Waals surface area contributed by atoms with Crippen LogP contribution in [0.1, 0.15) is 39.5 Å². The zero-order valence-electron chi connectivity index (χ0n) is 27.6. The Morgan fingerprint density at radius 2 is 1.62 bits per heavy atom. The molecule has 0 bridgehead atoms. The molecule has 0 atom stereocenters. The number of ether oxygens (including phenoxy) is 3. The number of hydrogen-bond donors (Lipinski definition) is 4. The zero-order valence-corrected chi connectivity index (χ0v) is 28.3. The number of carbonyl (C=O) groups is 3. The van der Waals surface area contributed by atoms with Crippen LogP contribution in [0.3, 0.4) is 0 Å². The van der Waals surface area contributed by atoms with Gasteiger partial charge in [-0.1, -0.05) is 31.0 Å². The molecule has 1 fully saturated rings. The number of carbonyl (C=O) groups excluding carboxylic acids is 1. The van der Waals surface area contributed by atoms with Gasteiger partial charge >= 0.3 is 11.9 Å². The second kappa shape index (κ2) is 21.5. The molecule has 3 aromatic rings. The first-order valence-electron chi connectivity index (χ1n) is 15.3. The van der Waals surface area contributed by atoms with Crippen LogP contribution in [0.15, 0.2) is 48.3 Å². The minimum absolute atomic E-state index is 0.00675. The van der Waals surface area contributed by atoms with Crippen molar-refractivity contribution in [3.8, 4) is 5.75 Å². The number of halogens is 2. The number of nitrogens with zero attached hydrogens (tertiary/aromatic N) is 3. The monoisotopic (exact) mass is 691 g/mol. The molecule has 1 aliphatic rings. The Balaban J connectivity index is 0.000000700. The number of rotatable bonds is 13. The number of likely N-dealkylation sites (tertiary alicyclic amines) is 1. The second-order valence-corrected chi connectivity index (χ2v) is 10.7. The summed E-state index contributed by atoms with van der Waals surface area (Å²) in [5, 5.41) is 22.2. The first-order chi connectivity index (χ1) is 23.0. The molecule has 15 heteroatoms.